The van der Waals surface area contributed by atoms with Gasteiger partial charge in [0.2, 0.25) is 5.91 Å². The van der Waals surface area contributed by atoms with Crippen molar-refractivity contribution in [3.05, 3.63) is 58.6 Å². The predicted octanol–water partition coefficient (Wildman–Crippen LogP) is 3.21. The summed E-state index contributed by atoms with van der Waals surface area (Å²) in [6.07, 6.45) is 0.739. The van der Waals surface area contributed by atoms with E-state index in [0.717, 1.165) is 5.56 Å². The van der Waals surface area contributed by atoms with Gasteiger partial charge in [0.25, 0.3) is 5.91 Å². The summed E-state index contributed by atoms with van der Waals surface area (Å²) in [6.45, 7) is 2.15. The van der Waals surface area contributed by atoms with E-state index in [1.54, 1.807) is 45.4 Å². The molecule has 29 heavy (non-hydrogen) atoms. The molecule has 2 N–H and O–H groups in total. The first-order valence-electron chi connectivity index (χ1n) is 8.99. The lowest BCUT2D eigenvalue weighted by atomic mass is 10.1. The first-order valence-corrected chi connectivity index (χ1v) is 9.37. The lowest BCUT2D eigenvalue weighted by Crippen LogP contribution is -2.28. The number of nitrogens with one attached hydrogen (secondary N) is 2. The van der Waals surface area contributed by atoms with Crippen LogP contribution >= 0.6 is 11.6 Å². The molecule has 0 aromatic heterocycles. The van der Waals surface area contributed by atoms with E-state index in [9.17, 15) is 9.59 Å². The largest absolute Gasteiger partial charge is 0.493 e. The molecule has 0 radical (unpaired) electrons. The fourth-order valence-corrected chi connectivity index (χ4v) is 2.65. The number of carbonyl (C=O) groups excluding carboxylic acids is 2. The quantitative estimate of drug-likeness (QED) is 0.484. The third-order valence-corrected chi connectivity index (χ3v) is 4.31. The van der Waals surface area contributed by atoms with Gasteiger partial charge < -0.3 is 14.8 Å². The van der Waals surface area contributed by atoms with Crippen molar-refractivity contribution in [3.8, 4) is 11.5 Å². The number of nitrogens with zero attached hydrogens (tertiary/aromatic N) is 1. The van der Waals surface area contributed by atoms with Gasteiger partial charge in [0.15, 0.2) is 11.5 Å². The molecule has 2 amide bonds. The molecule has 0 aliphatic heterocycles. The zero-order valence-corrected chi connectivity index (χ0v) is 17.4. The smallest absolute Gasteiger partial charge is 0.271 e. The summed E-state index contributed by atoms with van der Waals surface area (Å²) < 4.78 is 10.5. The summed E-state index contributed by atoms with van der Waals surface area (Å²) >= 11 is 5.80. The Morgan fingerprint density at radius 3 is 2.38 bits per heavy atom. The fourth-order valence-electron chi connectivity index (χ4n) is 2.53. The number of amides is 2. The molecular weight excluding hydrogens is 394 g/mol. The molecule has 0 aliphatic carbocycles. The van der Waals surface area contributed by atoms with Crippen LogP contribution in [0, 0.1) is 0 Å². The number of ether oxygens (including phenoxy) is 2. The highest BCUT2D eigenvalue weighted by molar-refractivity contribution is 6.30. The molecule has 0 saturated carbocycles. The molecule has 2 aromatic rings. The van der Waals surface area contributed by atoms with E-state index in [1.807, 2.05) is 18.2 Å². The van der Waals surface area contributed by atoms with Gasteiger partial charge in [-0.3, -0.25) is 9.59 Å². The van der Waals surface area contributed by atoms with Gasteiger partial charge >= 0.3 is 0 Å². The van der Waals surface area contributed by atoms with E-state index >= 15 is 0 Å². The molecule has 0 spiro atoms. The van der Waals surface area contributed by atoms with Crippen LogP contribution in [-0.2, 0) is 11.2 Å². The second-order valence-corrected chi connectivity index (χ2v) is 6.70. The van der Waals surface area contributed by atoms with Crippen LogP contribution in [0.25, 0.3) is 0 Å². The predicted molar refractivity (Wildman–Crippen MR) is 113 cm³/mol. The Balaban J connectivity index is 1.77. The summed E-state index contributed by atoms with van der Waals surface area (Å²) in [6, 6.07) is 12.1. The Morgan fingerprint density at radius 1 is 1.03 bits per heavy atom. The van der Waals surface area contributed by atoms with Crippen molar-refractivity contribution in [2.45, 2.75) is 19.8 Å². The van der Waals surface area contributed by atoms with Gasteiger partial charge in [-0.1, -0.05) is 17.7 Å². The van der Waals surface area contributed by atoms with Crippen LogP contribution in [0.2, 0.25) is 5.02 Å². The maximum absolute atomic E-state index is 12.1. The molecule has 2 rings (SSSR count). The molecule has 0 heterocycles. The Labute approximate surface area is 175 Å². The standard InChI is InChI=1S/C21H24ClN3O4/c1-14(24-25-21(27)16-5-7-17(22)8-6-16)12-20(26)23-11-10-15-4-9-18(28-2)19(13-15)29-3/h4-9,13H,10-12H2,1-3H3,(H,23,26)(H,25,27). The van der Waals surface area contributed by atoms with Gasteiger partial charge in [-0.2, -0.15) is 5.10 Å². The maximum Gasteiger partial charge on any atom is 0.271 e. The van der Waals surface area contributed by atoms with Gasteiger partial charge in [0, 0.05) is 22.8 Å². The molecule has 0 aliphatic rings. The summed E-state index contributed by atoms with van der Waals surface area (Å²) in [5, 5.41) is 7.35. The SMILES string of the molecule is COc1ccc(CCNC(=O)CC(C)=NNC(=O)c2ccc(Cl)cc2)cc1OC. The summed E-state index contributed by atoms with van der Waals surface area (Å²) in [5.41, 5.74) is 4.38. The summed E-state index contributed by atoms with van der Waals surface area (Å²) in [5.74, 6) is 0.769. The highest BCUT2D eigenvalue weighted by Gasteiger charge is 2.08. The first kappa shape index (κ1) is 22.2. The van der Waals surface area contributed by atoms with Crippen LogP contribution in [0.15, 0.2) is 47.6 Å². The van der Waals surface area contributed by atoms with Gasteiger partial charge in [-0.05, 0) is 55.3 Å². The molecular formula is C21H24ClN3O4. The highest BCUT2D eigenvalue weighted by atomic mass is 35.5. The monoisotopic (exact) mass is 417 g/mol. The van der Waals surface area contributed by atoms with Crippen molar-refractivity contribution in [3.63, 3.8) is 0 Å². The first-order chi connectivity index (χ1) is 13.9. The fraction of sp³-hybridized carbons (Fsp3) is 0.286. The molecule has 7 nitrogen and oxygen atoms in total. The maximum atomic E-state index is 12.1. The van der Waals surface area contributed by atoms with Gasteiger partial charge in [-0.25, -0.2) is 5.43 Å². The van der Waals surface area contributed by atoms with Crippen molar-refractivity contribution in [2.75, 3.05) is 20.8 Å². The van der Waals surface area contributed by atoms with Crippen LogP contribution in [0.1, 0.15) is 29.3 Å². The normalized spacial score (nSPS) is 11.0. The molecule has 0 bridgehead atoms. The Kier molecular flexibility index (Phi) is 8.48. The molecule has 8 heteroatoms. The minimum atomic E-state index is -0.366. The van der Waals surface area contributed by atoms with E-state index in [1.165, 1.54) is 0 Å². The van der Waals surface area contributed by atoms with E-state index in [-0.39, 0.29) is 18.2 Å². The lowest BCUT2D eigenvalue weighted by Gasteiger charge is -2.10. The second kappa shape index (κ2) is 11.1. The number of hydrogen-bond donors (Lipinski definition) is 2. The molecule has 0 atom stereocenters. The molecule has 0 saturated heterocycles. The number of halogens is 1. The van der Waals surface area contributed by atoms with E-state index in [4.69, 9.17) is 21.1 Å². The van der Waals surface area contributed by atoms with E-state index in [2.05, 4.69) is 15.8 Å². The van der Waals surface area contributed by atoms with Crippen LogP contribution < -0.4 is 20.2 Å². The Bertz CT molecular complexity index is 882. The molecule has 0 fully saturated rings. The Morgan fingerprint density at radius 2 is 1.72 bits per heavy atom. The van der Waals surface area contributed by atoms with Gasteiger partial charge in [0.1, 0.15) is 0 Å². The summed E-state index contributed by atoms with van der Waals surface area (Å²) in [7, 11) is 3.16. The Hall–Kier alpha value is -3.06. The van der Waals surface area contributed by atoms with Crippen LogP contribution in [0.3, 0.4) is 0 Å². The number of carbonyl (C=O) groups is 2. The third kappa shape index (κ3) is 7.12. The van der Waals surface area contributed by atoms with Crippen molar-refractivity contribution in [2.24, 2.45) is 5.10 Å². The van der Waals surface area contributed by atoms with Crippen LogP contribution in [0.4, 0.5) is 0 Å². The van der Waals surface area contributed by atoms with Crippen LogP contribution in [0.5, 0.6) is 11.5 Å². The van der Waals surface area contributed by atoms with Crippen molar-refractivity contribution in [1.29, 1.82) is 0 Å². The number of methoxy groups -OCH3 is 2. The van der Waals surface area contributed by atoms with Crippen molar-refractivity contribution < 1.29 is 19.1 Å². The molecule has 2 aromatic carbocycles. The number of hydrazone groups is 1. The number of benzene rings is 2. The average molecular weight is 418 g/mol. The van der Waals surface area contributed by atoms with Crippen molar-refractivity contribution in [1.82, 2.24) is 10.7 Å². The lowest BCUT2D eigenvalue weighted by molar-refractivity contribution is -0.119. The van der Waals surface area contributed by atoms with Gasteiger partial charge in [0.05, 0.1) is 20.6 Å². The van der Waals surface area contributed by atoms with Crippen molar-refractivity contribution >= 4 is 29.1 Å². The zero-order chi connectivity index (χ0) is 21.2. The second-order valence-electron chi connectivity index (χ2n) is 6.26. The molecule has 154 valence electrons. The topological polar surface area (TPSA) is 89.0 Å². The van der Waals surface area contributed by atoms with E-state index < -0.39 is 0 Å². The minimum absolute atomic E-state index is 0.0901. The van der Waals surface area contributed by atoms with Crippen LogP contribution in [-0.4, -0.2) is 38.3 Å². The highest BCUT2D eigenvalue weighted by Crippen LogP contribution is 2.27. The minimum Gasteiger partial charge on any atom is -0.493 e. The third-order valence-electron chi connectivity index (χ3n) is 4.05. The number of rotatable bonds is 9. The summed E-state index contributed by atoms with van der Waals surface area (Å²) in [4.78, 5) is 24.0. The average Bonchev–Trinajstić information content (AvgIpc) is 2.72. The number of hydrogen-bond acceptors (Lipinski definition) is 5. The molecule has 0 unspecified atom stereocenters. The van der Waals surface area contributed by atoms with Gasteiger partial charge in [-0.15, -0.1) is 0 Å². The van der Waals surface area contributed by atoms with E-state index in [0.29, 0.717) is 40.8 Å². The zero-order valence-electron chi connectivity index (χ0n) is 16.6.